The number of carbonyl (C=O) groups excluding carboxylic acids is 1. The molecule has 0 aliphatic rings. The summed E-state index contributed by atoms with van der Waals surface area (Å²) in [4.78, 5) is 14.7. The van der Waals surface area contributed by atoms with E-state index in [4.69, 9.17) is 0 Å². The Morgan fingerprint density at radius 2 is 1.86 bits per heavy atom. The van der Waals surface area contributed by atoms with Crippen molar-refractivity contribution in [3.8, 4) is 0 Å². The third-order valence-electron chi connectivity index (χ3n) is 2.11. The normalized spacial score (nSPS) is 10.0. The van der Waals surface area contributed by atoms with E-state index >= 15 is 0 Å². The fourth-order valence-corrected chi connectivity index (χ4v) is 1.38. The first-order valence-corrected chi connectivity index (χ1v) is 4.57. The van der Waals surface area contributed by atoms with Gasteiger partial charge in [-0.25, -0.2) is 0 Å². The summed E-state index contributed by atoms with van der Waals surface area (Å²) in [6, 6.07) is 13.2. The van der Waals surface area contributed by atoms with Gasteiger partial charge in [0.1, 0.15) is 0 Å². The number of nitrogens with one attached hydrogen (secondary N) is 1. The van der Waals surface area contributed by atoms with Crippen LogP contribution in [0.1, 0.15) is 16.1 Å². The number of H-pyrrole nitrogens is 1. The number of ketones is 1. The van der Waals surface area contributed by atoms with Crippen molar-refractivity contribution in [2.75, 3.05) is 0 Å². The number of Topliss-reactive ketones (excluding diaryl/α,β-unsaturated/α-hetero) is 1. The maximum absolute atomic E-state index is 11.7. The second-order valence-electron chi connectivity index (χ2n) is 3.16. The van der Waals surface area contributed by atoms with Crippen molar-refractivity contribution in [2.24, 2.45) is 0 Å². The topological polar surface area (TPSA) is 32.9 Å². The zero-order valence-electron chi connectivity index (χ0n) is 7.73. The van der Waals surface area contributed by atoms with Crippen molar-refractivity contribution in [3.05, 3.63) is 59.9 Å². The van der Waals surface area contributed by atoms with Crippen molar-refractivity contribution in [2.45, 2.75) is 6.42 Å². The highest BCUT2D eigenvalue weighted by Gasteiger charge is 2.05. The fourth-order valence-electron chi connectivity index (χ4n) is 1.38. The van der Waals surface area contributed by atoms with E-state index in [1.54, 1.807) is 0 Å². The van der Waals surface area contributed by atoms with Crippen LogP contribution < -0.4 is 0 Å². The molecule has 0 saturated carbocycles. The predicted molar refractivity (Wildman–Crippen MR) is 55.3 cm³/mol. The van der Waals surface area contributed by atoms with Gasteiger partial charge in [-0.2, -0.15) is 0 Å². The Labute approximate surface area is 82.6 Å². The van der Waals surface area contributed by atoms with E-state index in [2.05, 4.69) is 4.98 Å². The molecular weight excluding hydrogens is 174 g/mol. The molecule has 0 aliphatic heterocycles. The molecule has 0 amide bonds. The fraction of sp³-hybridized carbons (Fsp3) is 0.0833. The molecule has 2 aromatic rings. The van der Waals surface area contributed by atoms with Gasteiger partial charge in [-0.15, -0.1) is 0 Å². The van der Waals surface area contributed by atoms with E-state index in [1.165, 1.54) is 0 Å². The quantitative estimate of drug-likeness (QED) is 0.732. The first-order chi connectivity index (χ1) is 6.86. The molecule has 70 valence electrons. The van der Waals surface area contributed by atoms with Crippen LogP contribution in [0.2, 0.25) is 0 Å². The first kappa shape index (κ1) is 8.75. The van der Waals surface area contributed by atoms with Crippen molar-refractivity contribution >= 4 is 5.78 Å². The Bertz CT molecular complexity index is 403. The zero-order valence-corrected chi connectivity index (χ0v) is 7.73. The minimum atomic E-state index is 0.146. The molecule has 14 heavy (non-hydrogen) atoms. The van der Waals surface area contributed by atoms with Crippen molar-refractivity contribution in [3.63, 3.8) is 0 Å². The highest BCUT2D eigenvalue weighted by molar-refractivity contribution is 5.97. The summed E-state index contributed by atoms with van der Waals surface area (Å²) in [6.07, 6.45) is 2.27. The van der Waals surface area contributed by atoms with Gasteiger partial charge >= 0.3 is 0 Å². The summed E-state index contributed by atoms with van der Waals surface area (Å²) in [5.74, 6) is 0.146. The van der Waals surface area contributed by atoms with E-state index in [1.807, 2.05) is 48.7 Å². The molecule has 2 heteroatoms. The predicted octanol–water partition coefficient (Wildman–Crippen LogP) is 2.44. The standard InChI is InChI=1S/C12H11NO/c14-12(9-11-7-4-8-13-11)10-5-2-1-3-6-10/h1-8,13H,9H2. The number of benzene rings is 1. The minimum absolute atomic E-state index is 0.146. The van der Waals surface area contributed by atoms with E-state index in [9.17, 15) is 4.79 Å². The second-order valence-corrected chi connectivity index (χ2v) is 3.16. The third kappa shape index (κ3) is 1.91. The molecule has 2 rings (SSSR count). The van der Waals surface area contributed by atoms with E-state index in [-0.39, 0.29) is 5.78 Å². The summed E-state index contributed by atoms with van der Waals surface area (Å²) in [6.45, 7) is 0. The summed E-state index contributed by atoms with van der Waals surface area (Å²) in [7, 11) is 0. The highest BCUT2D eigenvalue weighted by Crippen LogP contribution is 2.05. The minimum Gasteiger partial charge on any atom is -0.365 e. The molecule has 0 fully saturated rings. The van der Waals surface area contributed by atoms with Crippen LogP contribution in [0.4, 0.5) is 0 Å². The van der Waals surface area contributed by atoms with Gasteiger partial charge in [0.15, 0.2) is 5.78 Å². The average molecular weight is 185 g/mol. The first-order valence-electron chi connectivity index (χ1n) is 4.57. The summed E-state index contributed by atoms with van der Waals surface area (Å²) >= 11 is 0. The van der Waals surface area contributed by atoms with Crippen LogP contribution in [0.15, 0.2) is 48.7 Å². The van der Waals surface area contributed by atoms with Crippen molar-refractivity contribution in [1.29, 1.82) is 0 Å². The lowest BCUT2D eigenvalue weighted by Crippen LogP contribution is -2.03. The van der Waals surface area contributed by atoms with Crippen LogP contribution in [0, 0.1) is 0 Å². The van der Waals surface area contributed by atoms with Crippen LogP contribution >= 0.6 is 0 Å². The SMILES string of the molecule is O=C(Cc1ccc[nH]1)c1ccccc1. The molecular formula is C12H11NO. The molecule has 0 atom stereocenters. The number of carbonyl (C=O) groups is 1. The molecule has 1 aromatic heterocycles. The molecule has 0 aliphatic carbocycles. The maximum Gasteiger partial charge on any atom is 0.168 e. The lowest BCUT2D eigenvalue weighted by atomic mass is 10.1. The third-order valence-corrected chi connectivity index (χ3v) is 2.11. The molecule has 0 spiro atoms. The molecule has 2 nitrogen and oxygen atoms in total. The largest absolute Gasteiger partial charge is 0.365 e. The van der Waals surface area contributed by atoms with Gasteiger partial charge in [-0.3, -0.25) is 4.79 Å². The number of hydrogen-bond donors (Lipinski definition) is 1. The maximum atomic E-state index is 11.7. The Morgan fingerprint density at radius 1 is 1.07 bits per heavy atom. The van der Waals surface area contributed by atoms with Crippen LogP contribution in [-0.4, -0.2) is 10.8 Å². The number of hydrogen-bond acceptors (Lipinski definition) is 1. The molecule has 0 radical (unpaired) electrons. The molecule has 1 N–H and O–H groups in total. The summed E-state index contributed by atoms with van der Waals surface area (Å²) < 4.78 is 0. The van der Waals surface area contributed by atoms with Crippen molar-refractivity contribution < 1.29 is 4.79 Å². The highest BCUT2D eigenvalue weighted by atomic mass is 16.1. The molecule has 1 aromatic carbocycles. The van der Waals surface area contributed by atoms with Gasteiger partial charge < -0.3 is 4.98 Å². The van der Waals surface area contributed by atoms with E-state index < -0.39 is 0 Å². The molecule has 0 saturated heterocycles. The Hall–Kier alpha value is -1.83. The van der Waals surface area contributed by atoms with Gasteiger partial charge in [-0.1, -0.05) is 30.3 Å². The van der Waals surface area contributed by atoms with Crippen LogP contribution in [0.5, 0.6) is 0 Å². The van der Waals surface area contributed by atoms with Crippen LogP contribution in [0.3, 0.4) is 0 Å². The number of aromatic nitrogens is 1. The summed E-state index contributed by atoms with van der Waals surface area (Å²) in [5.41, 5.74) is 1.72. The Kier molecular flexibility index (Phi) is 2.45. The average Bonchev–Trinajstić information content (AvgIpc) is 2.72. The molecule has 0 bridgehead atoms. The van der Waals surface area contributed by atoms with Gasteiger partial charge in [0.2, 0.25) is 0 Å². The number of rotatable bonds is 3. The van der Waals surface area contributed by atoms with Gasteiger partial charge in [0.05, 0.1) is 6.42 Å². The Balaban J connectivity index is 2.11. The summed E-state index contributed by atoms with van der Waals surface area (Å²) in [5, 5.41) is 0. The zero-order chi connectivity index (χ0) is 9.80. The second kappa shape index (κ2) is 3.92. The van der Waals surface area contributed by atoms with Crippen LogP contribution in [-0.2, 0) is 6.42 Å². The number of aromatic amines is 1. The van der Waals surface area contributed by atoms with E-state index in [0.29, 0.717) is 6.42 Å². The van der Waals surface area contributed by atoms with Gasteiger partial charge in [0, 0.05) is 17.5 Å². The smallest absolute Gasteiger partial charge is 0.168 e. The lowest BCUT2D eigenvalue weighted by molar-refractivity contribution is 0.0992. The van der Waals surface area contributed by atoms with Gasteiger partial charge in [0.25, 0.3) is 0 Å². The Morgan fingerprint density at radius 3 is 2.50 bits per heavy atom. The van der Waals surface area contributed by atoms with E-state index in [0.717, 1.165) is 11.3 Å². The van der Waals surface area contributed by atoms with Crippen molar-refractivity contribution in [1.82, 2.24) is 4.98 Å². The molecule has 0 unspecified atom stereocenters. The van der Waals surface area contributed by atoms with Gasteiger partial charge in [-0.05, 0) is 12.1 Å². The monoisotopic (exact) mass is 185 g/mol. The van der Waals surface area contributed by atoms with Crippen LogP contribution in [0.25, 0.3) is 0 Å². The molecule has 1 heterocycles. The lowest BCUT2D eigenvalue weighted by Gasteiger charge is -1.98.